The van der Waals surface area contributed by atoms with Crippen LogP contribution in [0.4, 0.5) is 0 Å². The van der Waals surface area contributed by atoms with Crippen molar-refractivity contribution < 1.29 is 19.4 Å². The molecule has 0 spiro atoms. The molecule has 6 heteroatoms. The third kappa shape index (κ3) is 2.59. The van der Waals surface area contributed by atoms with Crippen molar-refractivity contribution in [3.05, 3.63) is 15.6 Å². The van der Waals surface area contributed by atoms with Crippen molar-refractivity contribution >= 4 is 23.1 Å². The molecule has 5 nitrogen and oxygen atoms in total. The van der Waals surface area contributed by atoms with Gasteiger partial charge in [0.2, 0.25) is 0 Å². The van der Waals surface area contributed by atoms with E-state index in [0.717, 1.165) is 24.2 Å². The van der Waals surface area contributed by atoms with E-state index in [1.807, 2.05) is 6.92 Å². The number of ketones is 1. The molecule has 1 atom stereocenters. The zero-order valence-electron chi connectivity index (χ0n) is 10.3. The Morgan fingerprint density at radius 2 is 2.22 bits per heavy atom. The van der Waals surface area contributed by atoms with Crippen molar-refractivity contribution in [1.29, 1.82) is 0 Å². The number of hydrogen-bond donors (Lipinski definition) is 1. The number of aromatic nitrogens is 1. The average Bonchev–Trinajstić information content (AvgIpc) is 3.03. The Balaban J connectivity index is 2.35. The fourth-order valence-electron chi connectivity index (χ4n) is 1.83. The van der Waals surface area contributed by atoms with Gasteiger partial charge in [-0.1, -0.05) is 0 Å². The maximum atomic E-state index is 11.4. The number of ether oxygens (including phenoxy) is 1. The molecule has 18 heavy (non-hydrogen) atoms. The van der Waals surface area contributed by atoms with Gasteiger partial charge in [-0.05, 0) is 25.7 Å². The fourth-order valence-corrected chi connectivity index (χ4v) is 2.93. The molecule has 0 bridgehead atoms. The molecule has 0 saturated heterocycles. The molecular formula is C12H15NO4S. The van der Waals surface area contributed by atoms with Crippen LogP contribution in [-0.4, -0.2) is 28.4 Å². The van der Waals surface area contributed by atoms with Crippen molar-refractivity contribution in [3.8, 4) is 0 Å². The van der Waals surface area contributed by atoms with Crippen LogP contribution in [-0.2, 0) is 4.74 Å². The Hall–Kier alpha value is -1.27. The normalized spacial score (nSPS) is 16.6. The predicted molar refractivity (Wildman–Crippen MR) is 66.2 cm³/mol. The van der Waals surface area contributed by atoms with Crippen molar-refractivity contribution in [3.63, 3.8) is 0 Å². The Morgan fingerprint density at radius 1 is 1.56 bits per heavy atom. The first-order valence-corrected chi connectivity index (χ1v) is 6.72. The van der Waals surface area contributed by atoms with Gasteiger partial charge < -0.3 is 9.84 Å². The van der Waals surface area contributed by atoms with Crippen molar-refractivity contribution in [1.82, 2.24) is 4.98 Å². The van der Waals surface area contributed by atoms with Crippen LogP contribution in [0.5, 0.6) is 0 Å². The number of carboxylic acids is 1. The number of carbonyl (C=O) groups is 2. The molecule has 0 aliphatic heterocycles. The number of nitrogens with zero attached hydrogens (tertiary/aromatic N) is 1. The second-order valence-corrected chi connectivity index (χ2v) is 5.34. The molecule has 1 N–H and O–H groups in total. The van der Waals surface area contributed by atoms with Crippen LogP contribution in [0.25, 0.3) is 0 Å². The Morgan fingerprint density at radius 3 is 2.61 bits per heavy atom. The number of Topliss-reactive ketones (excluding diaryl/α,β-unsaturated/α-hetero) is 1. The van der Waals surface area contributed by atoms with Crippen molar-refractivity contribution in [2.75, 3.05) is 6.61 Å². The van der Waals surface area contributed by atoms with E-state index in [1.165, 1.54) is 6.92 Å². The first-order chi connectivity index (χ1) is 8.54. The van der Waals surface area contributed by atoms with Gasteiger partial charge in [-0.3, -0.25) is 4.79 Å². The minimum atomic E-state index is -1.16. The molecule has 0 aromatic carbocycles. The minimum absolute atomic E-state index is 0.146. The molecule has 1 aromatic heterocycles. The Labute approximate surface area is 109 Å². The zero-order valence-corrected chi connectivity index (χ0v) is 11.1. The summed E-state index contributed by atoms with van der Waals surface area (Å²) < 4.78 is 5.62. The standard InChI is InChI=1S/C12H15NO4S/c1-3-17-9(7-4-5-7)11-13-8(12(15)16)10(18-11)6(2)14/h7,9H,3-5H2,1-2H3,(H,15,16). The highest BCUT2D eigenvalue weighted by Crippen LogP contribution is 2.44. The molecular weight excluding hydrogens is 254 g/mol. The lowest BCUT2D eigenvalue weighted by Gasteiger charge is -2.12. The quantitative estimate of drug-likeness (QED) is 0.803. The van der Waals surface area contributed by atoms with Crippen LogP contribution in [0.3, 0.4) is 0 Å². The van der Waals surface area contributed by atoms with Crippen LogP contribution in [0.1, 0.15) is 58.0 Å². The first kappa shape index (κ1) is 13.2. The molecule has 1 aliphatic carbocycles. The number of carbonyl (C=O) groups excluding carboxylic acids is 1. The van der Waals surface area contributed by atoms with Crippen molar-refractivity contribution in [2.24, 2.45) is 5.92 Å². The third-order valence-electron chi connectivity index (χ3n) is 2.81. The summed E-state index contributed by atoms with van der Waals surface area (Å²) in [6.45, 7) is 3.81. The summed E-state index contributed by atoms with van der Waals surface area (Å²) in [5, 5.41) is 9.66. The molecule has 1 aromatic rings. The third-order valence-corrected chi connectivity index (χ3v) is 4.02. The fraction of sp³-hybridized carbons (Fsp3) is 0.583. The van der Waals surface area contributed by atoms with Gasteiger partial charge in [0.15, 0.2) is 11.5 Å². The highest BCUT2D eigenvalue weighted by Gasteiger charge is 2.36. The van der Waals surface area contributed by atoms with E-state index >= 15 is 0 Å². The van der Waals surface area contributed by atoms with E-state index in [1.54, 1.807) is 0 Å². The van der Waals surface area contributed by atoms with Gasteiger partial charge in [0, 0.05) is 13.5 Å². The molecule has 1 unspecified atom stereocenters. The maximum absolute atomic E-state index is 11.4. The van der Waals surface area contributed by atoms with E-state index in [-0.39, 0.29) is 22.5 Å². The van der Waals surface area contributed by atoms with Crippen LogP contribution in [0, 0.1) is 5.92 Å². The van der Waals surface area contributed by atoms with Gasteiger partial charge in [0.25, 0.3) is 0 Å². The number of aromatic carboxylic acids is 1. The second-order valence-electron chi connectivity index (χ2n) is 4.30. The van der Waals surface area contributed by atoms with Crippen LogP contribution < -0.4 is 0 Å². The van der Waals surface area contributed by atoms with E-state index < -0.39 is 5.97 Å². The summed E-state index contributed by atoms with van der Waals surface area (Å²) in [7, 11) is 0. The van der Waals surface area contributed by atoms with Crippen LogP contribution in [0.15, 0.2) is 0 Å². The van der Waals surface area contributed by atoms with Crippen molar-refractivity contribution in [2.45, 2.75) is 32.8 Å². The predicted octanol–water partition coefficient (Wildman–Crippen LogP) is 2.53. The Bertz CT molecular complexity index is 447. The number of thiazole rings is 1. The van der Waals surface area contributed by atoms with Gasteiger partial charge >= 0.3 is 5.97 Å². The number of rotatable bonds is 6. The first-order valence-electron chi connectivity index (χ1n) is 5.91. The summed E-state index contributed by atoms with van der Waals surface area (Å²) >= 11 is 1.15. The van der Waals surface area contributed by atoms with Crippen LogP contribution >= 0.6 is 11.3 Å². The highest BCUT2D eigenvalue weighted by atomic mass is 32.1. The number of hydrogen-bond acceptors (Lipinski definition) is 5. The molecule has 0 radical (unpaired) electrons. The van der Waals surface area contributed by atoms with E-state index in [9.17, 15) is 9.59 Å². The lowest BCUT2D eigenvalue weighted by molar-refractivity contribution is 0.0459. The molecule has 1 saturated carbocycles. The van der Waals surface area contributed by atoms with Crippen LogP contribution in [0.2, 0.25) is 0 Å². The summed E-state index contributed by atoms with van der Waals surface area (Å²) in [5.41, 5.74) is -0.146. The van der Waals surface area contributed by atoms with E-state index in [2.05, 4.69) is 4.98 Å². The smallest absolute Gasteiger partial charge is 0.356 e. The topological polar surface area (TPSA) is 76.5 Å². The summed E-state index contributed by atoms with van der Waals surface area (Å²) in [5.74, 6) is -1.01. The van der Waals surface area contributed by atoms with Gasteiger partial charge in [0.05, 0.1) is 0 Å². The average molecular weight is 269 g/mol. The summed E-state index contributed by atoms with van der Waals surface area (Å²) in [4.78, 5) is 26.8. The molecule has 1 heterocycles. The van der Waals surface area contributed by atoms with Gasteiger partial charge in [-0.15, -0.1) is 11.3 Å². The lowest BCUT2D eigenvalue weighted by atomic mass is 10.2. The number of carboxylic acid groups (broad SMARTS) is 1. The molecule has 1 fully saturated rings. The highest BCUT2D eigenvalue weighted by molar-refractivity contribution is 7.14. The largest absolute Gasteiger partial charge is 0.476 e. The zero-order chi connectivity index (χ0) is 13.3. The minimum Gasteiger partial charge on any atom is -0.476 e. The van der Waals surface area contributed by atoms with E-state index in [0.29, 0.717) is 17.5 Å². The maximum Gasteiger partial charge on any atom is 0.356 e. The summed E-state index contributed by atoms with van der Waals surface area (Å²) in [6.07, 6.45) is 1.98. The molecule has 98 valence electrons. The monoisotopic (exact) mass is 269 g/mol. The Kier molecular flexibility index (Phi) is 3.77. The SMILES string of the molecule is CCOC(c1nc(C(=O)O)c(C(C)=O)s1)C1CC1. The molecule has 1 aliphatic rings. The van der Waals surface area contributed by atoms with Gasteiger partial charge in [-0.2, -0.15) is 0 Å². The lowest BCUT2D eigenvalue weighted by Crippen LogP contribution is -2.07. The van der Waals surface area contributed by atoms with Gasteiger partial charge in [-0.25, -0.2) is 9.78 Å². The molecule has 2 rings (SSSR count). The van der Waals surface area contributed by atoms with E-state index in [4.69, 9.17) is 9.84 Å². The summed E-state index contributed by atoms with van der Waals surface area (Å²) in [6, 6.07) is 0. The second kappa shape index (κ2) is 5.16. The van der Waals surface area contributed by atoms with Gasteiger partial charge in [0.1, 0.15) is 16.0 Å². The molecule has 0 amide bonds.